The third-order valence-corrected chi connectivity index (χ3v) is 4.27. The molecule has 3 aromatic rings. The van der Waals surface area contributed by atoms with Gasteiger partial charge < -0.3 is 5.32 Å². The average Bonchev–Trinajstić information content (AvgIpc) is 2.94. The highest BCUT2D eigenvalue weighted by atomic mass is 16.1. The number of aromatic nitrogens is 2. The first-order valence-electron chi connectivity index (χ1n) is 8.81. The molecule has 2 aromatic carbocycles. The minimum atomic E-state index is -0.169. The lowest BCUT2D eigenvalue weighted by Gasteiger charge is -2.04. The van der Waals surface area contributed by atoms with Gasteiger partial charge in [0.15, 0.2) is 0 Å². The largest absolute Gasteiger partial charge is 0.326 e. The Morgan fingerprint density at radius 1 is 1.19 bits per heavy atom. The summed E-state index contributed by atoms with van der Waals surface area (Å²) in [6.45, 7) is 5.37. The van der Waals surface area contributed by atoms with Gasteiger partial charge in [-0.3, -0.25) is 19.7 Å². The van der Waals surface area contributed by atoms with E-state index >= 15 is 0 Å². The Bertz CT molecular complexity index is 1040. The third kappa shape index (κ3) is 4.06. The van der Waals surface area contributed by atoms with Crippen molar-refractivity contribution in [1.82, 2.24) is 9.78 Å². The molecule has 0 bridgehead atoms. The van der Waals surface area contributed by atoms with Crippen LogP contribution in [0.2, 0.25) is 0 Å². The van der Waals surface area contributed by atoms with Gasteiger partial charge in [-0.25, -0.2) is 4.68 Å². The quantitative estimate of drug-likeness (QED) is 0.678. The Hall–Kier alpha value is -3.41. The second-order valence-corrected chi connectivity index (χ2v) is 6.26. The van der Waals surface area contributed by atoms with Crippen molar-refractivity contribution >= 4 is 23.5 Å². The van der Waals surface area contributed by atoms with E-state index in [2.05, 4.69) is 22.3 Å². The molecule has 27 heavy (non-hydrogen) atoms. The molecule has 2 N–H and O–H groups in total. The van der Waals surface area contributed by atoms with E-state index in [1.54, 1.807) is 30.5 Å². The van der Waals surface area contributed by atoms with Crippen LogP contribution in [-0.2, 0) is 11.2 Å². The van der Waals surface area contributed by atoms with E-state index in [1.807, 2.05) is 31.2 Å². The van der Waals surface area contributed by atoms with Gasteiger partial charge in [-0.1, -0.05) is 25.1 Å². The molecule has 3 rings (SSSR count). The Morgan fingerprint density at radius 3 is 2.56 bits per heavy atom. The molecule has 0 aliphatic heterocycles. The summed E-state index contributed by atoms with van der Waals surface area (Å²) in [5.74, 6) is -0.138. The van der Waals surface area contributed by atoms with Gasteiger partial charge in [-0.05, 0) is 49.2 Å². The summed E-state index contributed by atoms with van der Waals surface area (Å²) < 4.78 is 1.47. The van der Waals surface area contributed by atoms with Crippen LogP contribution in [-0.4, -0.2) is 21.9 Å². The van der Waals surface area contributed by atoms with Crippen molar-refractivity contribution in [3.05, 3.63) is 75.7 Å². The van der Waals surface area contributed by atoms with Crippen molar-refractivity contribution in [2.24, 2.45) is 4.99 Å². The number of nitrogens with zero attached hydrogens (tertiary/aromatic N) is 2. The molecular weight excluding hydrogens is 340 g/mol. The van der Waals surface area contributed by atoms with Crippen LogP contribution in [0.15, 0.2) is 58.3 Å². The molecule has 0 aliphatic rings. The van der Waals surface area contributed by atoms with E-state index in [0.29, 0.717) is 16.9 Å². The molecule has 1 aromatic heterocycles. The van der Waals surface area contributed by atoms with Gasteiger partial charge in [0.2, 0.25) is 5.91 Å². The predicted octanol–water partition coefficient (Wildman–Crippen LogP) is 3.75. The maximum atomic E-state index is 12.8. The van der Waals surface area contributed by atoms with E-state index in [0.717, 1.165) is 23.4 Å². The van der Waals surface area contributed by atoms with Crippen LogP contribution in [0.1, 0.15) is 30.7 Å². The van der Waals surface area contributed by atoms with Gasteiger partial charge in [0, 0.05) is 24.5 Å². The number of amides is 1. The number of benzene rings is 2. The first kappa shape index (κ1) is 18.4. The smallest absolute Gasteiger partial charge is 0.280 e. The summed E-state index contributed by atoms with van der Waals surface area (Å²) in [6, 6.07) is 14.9. The van der Waals surface area contributed by atoms with Crippen molar-refractivity contribution in [2.45, 2.75) is 27.2 Å². The van der Waals surface area contributed by atoms with Crippen LogP contribution < -0.4 is 10.9 Å². The lowest BCUT2D eigenvalue weighted by molar-refractivity contribution is -0.114. The van der Waals surface area contributed by atoms with Crippen LogP contribution in [0.25, 0.3) is 5.69 Å². The maximum Gasteiger partial charge on any atom is 0.280 e. The minimum absolute atomic E-state index is 0.138. The first-order valence-corrected chi connectivity index (χ1v) is 8.81. The summed E-state index contributed by atoms with van der Waals surface area (Å²) in [6.07, 6.45) is 2.50. The number of hydrogen-bond acceptors (Lipinski definition) is 3. The number of aryl methyl sites for hydroxylation is 2. The average molecular weight is 362 g/mol. The van der Waals surface area contributed by atoms with Crippen molar-refractivity contribution in [1.29, 1.82) is 0 Å². The standard InChI is InChI=1S/C21H22N4O2/c1-4-16-7-5-6-8-20(16)22-13-19-14(2)24-25(21(19)27)18-11-9-17(10-12-18)23-15(3)26/h5-13,24H,4H2,1-3H3,(H,23,26). The van der Waals surface area contributed by atoms with E-state index in [1.165, 1.54) is 11.6 Å². The Kier molecular flexibility index (Phi) is 5.35. The second-order valence-electron chi connectivity index (χ2n) is 6.26. The van der Waals surface area contributed by atoms with E-state index in [9.17, 15) is 9.59 Å². The molecule has 6 nitrogen and oxygen atoms in total. The molecule has 6 heteroatoms. The van der Waals surface area contributed by atoms with Gasteiger partial charge in [-0.15, -0.1) is 0 Å². The number of carbonyl (C=O) groups excluding carboxylic acids is 1. The number of nitrogens with one attached hydrogen (secondary N) is 2. The Morgan fingerprint density at radius 2 is 1.89 bits per heavy atom. The van der Waals surface area contributed by atoms with Gasteiger partial charge >= 0.3 is 0 Å². The zero-order valence-electron chi connectivity index (χ0n) is 15.6. The van der Waals surface area contributed by atoms with Crippen molar-refractivity contribution in [2.75, 3.05) is 5.32 Å². The Labute approximate surface area is 157 Å². The summed E-state index contributed by atoms with van der Waals surface area (Å²) in [4.78, 5) is 28.4. The lowest BCUT2D eigenvalue weighted by Crippen LogP contribution is -2.17. The zero-order valence-corrected chi connectivity index (χ0v) is 15.6. The number of rotatable bonds is 5. The highest BCUT2D eigenvalue weighted by Gasteiger charge is 2.11. The van der Waals surface area contributed by atoms with Crippen molar-refractivity contribution in [3.63, 3.8) is 0 Å². The van der Waals surface area contributed by atoms with Crippen molar-refractivity contribution < 1.29 is 4.79 Å². The molecule has 0 spiro atoms. The molecule has 0 atom stereocenters. The van der Waals surface area contributed by atoms with Gasteiger partial charge in [0.05, 0.1) is 16.9 Å². The first-order chi connectivity index (χ1) is 13.0. The molecule has 0 fully saturated rings. The molecular formula is C21H22N4O2. The van der Waals surface area contributed by atoms with Crippen LogP contribution >= 0.6 is 0 Å². The molecule has 0 aliphatic carbocycles. The topological polar surface area (TPSA) is 79.2 Å². The maximum absolute atomic E-state index is 12.8. The third-order valence-electron chi connectivity index (χ3n) is 4.27. The van der Waals surface area contributed by atoms with Crippen LogP contribution in [0.4, 0.5) is 11.4 Å². The summed E-state index contributed by atoms with van der Waals surface area (Å²) >= 11 is 0. The number of anilines is 1. The summed E-state index contributed by atoms with van der Waals surface area (Å²) in [5.41, 5.74) is 4.46. The molecule has 0 unspecified atom stereocenters. The number of aliphatic imine (C=N–C) groups is 1. The fourth-order valence-corrected chi connectivity index (χ4v) is 2.86. The minimum Gasteiger partial charge on any atom is -0.326 e. The summed E-state index contributed by atoms with van der Waals surface area (Å²) in [7, 11) is 0. The molecule has 0 saturated carbocycles. The number of aromatic amines is 1. The Balaban J connectivity index is 1.92. The molecule has 1 heterocycles. The van der Waals surface area contributed by atoms with Crippen LogP contribution in [0.5, 0.6) is 0 Å². The number of hydrogen-bond donors (Lipinski definition) is 2. The van der Waals surface area contributed by atoms with Gasteiger partial charge in [-0.2, -0.15) is 0 Å². The monoisotopic (exact) mass is 362 g/mol. The second kappa shape index (κ2) is 7.86. The van der Waals surface area contributed by atoms with Gasteiger partial charge in [0.25, 0.3) is 5.56 Å². The fraction of sp³-hybridized carbons (Fsp3) is 0.190. The normalized spacial score (nSPS) is 11.1. The van der Waals surface area contributed by atoms with Crippen molar-refractivity contribution in [3.8, 4) is 5.69 Å². The van der Waals surface area contributed by atoms with Gasteiger partial charge in [0.1, 0.15) is 0 Å². The fourth-order valence-electron chi connectivity index (χ4n) is 2.86. The number of H-pyrrole nitrogens is 1. The van der Waals surface area contributed by atoms with E-state index < -0.39 is 0 Å². The zero-order chi connectivity index (χ0) is 19.4. The SMILES string of the molecule is CCc1ccccc1N=Cc1c(C)[nH]n(-c2ccc(NC(C)=O)cc2)c1=O. The predicted molar refractivity (Wildman–Crippen MR) is 109 cm³/mol. The number of para-hydroxylation sites is 1. The summed E-state index contributed by atoms with van der Waals surface area (Å²) in [5, 5.41) is 5.79. The number of carbonyl (C=O) groups is 1. The molecule has 138 valence electrons. The van der Waals surface area contributed by atoms with E-state index in [-0.39, 0.29) is 11.5 Å². The molecule has 0 saturated heterocycles. The van der Waals surface area contributed by atoms with Crippen LogP contribution in [0.3, 0.4) is 0 Å². The van der Waals surface area contributed by atoms with Crippen LogP contribution in [0, 0.1) is 6.92 Å². The molecule has 0 radical (unpaired) electrons. The molecule has 1 amide bonds. The highest BCUT2D eigenvalue weighted by Crippen LogP contribution is 2.19. The van der Waals surface area contributed by atoms with E-state index in [4.69, 9.17) is 0 Å². The lowest BCUT2D eigenvalue weighted by atomic mass is 10.1. The highest BCUT2D eigenvalue weighted by molar-refractivity contribution is 5.88.